The van der Waals surface area contributed by atoms with E-state index < -0.39 is 5.97 Å². The molecule has 0 amide bonds. The van der Waals surface area contributed by atoms with Crippen LogP contribution in [0.4, 0.5) is 0 Å². The summed E-state index contributed by atoms with van der Waals surface area (Å²) < 4.78 is 11.2. The van der Waals surface area contributed by atoms with E-state index in [1.807, 2.05) is 19.0 Å². The van der Waals surface area contributed by atoms with Gasteiger partial charge in [0.15, 0.2) is 5.58 Å². The van der Waals surface area contributed by atoms with Gasteiger partial charge in [-0.25, -0.2) is 4.79 Å². The van der Waals surface area contributed by atoms with Crippen LogP contribution in [0.2, 0.25) is 10.0 Å². The van der Waals surface area contributed by atoms with Gasteiger partial charge < -0.3 is 24.1 Å². The minimum absolute atomic E-state index is 0.0104. The standard InChI is InChI=1S/C19H26Cl2N2O4/c1-6-23(7-2)8-9-26-19(25)13-11(3)27-18-14(13)12(10-22(4)5)17(24)15(20)16(18)21/h24H,6-10H2,1-5H3. The second-order valence-electron chi connectivity index (χ2n) is 6.59. The van der Waals surface area contributed by atoms with Gasteiger partial charge in [-0.05, 0) is 34.1 Å². The fourth-order valence-corrected chi connectivity index (χ4v) is 3.46. The molecule has 2 rings (SSSR count). The highest BCUT2D eigenvalue weighted by molar-refractivity contribution is 6.46. The molecule has 0 atom stereocenters. The van der Waals surface area contributed by atoms with Crippen molar-refractivity contribution in [3.05, 3.63) is 26.9 Å². The molecule has 0 aliphatic carbocycles. The summed E-state index contributed by atoms with van der Waals surface area (Å²) in [6.45, 7) is 8.83. The van der Waals surface area contributed by atoms with Gasteiger partial charge >= 0.3 is 5.97 Å². The average molecular weight is 417 g/mol. The van der Waals surface area contributed by atoms with Crippen LogP contribution in [0.15, 0.2) is 4.42 Å². The lowest BCUT2D eigenvalue weighted by Gasteiger charge is -2.18. The summed E-state index contributed by atoms with van der Waals surface area (Å²) >= 11 is 12.4. The van der Waals surface area contributed by atoms with Crippen LogP contribution in [-0.4, -0.2) is 61.2 Å². The van der Waals surface area contributed by atoms with Crippen LogP contribution < -0.4 is 0 Å². The molecule has 0 fully saturated rings. The number of hydrogen-bond donors (Lipinski definition) is 1. The Morgan fingerprint density at radius 2 is 1.81 bits per heavy atom. The highest BCUT2D eigenvalue weighted by Crippen LogP contribution is 2.45. The van der Waals surface area contributed by atoms with E-state index in [1.54, 1.807) is 6.92 Å². The number of phenolic OH excluding ortho intramolecular Hbond substituents is 1. The van der Waals surface area contributed by atoms with E-state index in [1.165, 1.54) is 0 Å². The Morgan fingerprint density at radius 1 is 1.19 bits per heavy atom. The van der Waals surface area contributed by atoms with Gasteiger partial charge in [0.2, 0.25) is 0 Å². The molecular weight excluding hydrogens is 391 g/mol. The number of carbonyl (C=O) groups is 1. The molecule has 0 aliphatic rings. The molecule has 1 N–H and O–H groups in total. The molecule has 0 saturated heterocycles. The highest BCUT2D eigenvalue weighted by Gasteiger charge is 2.28. The monoisotopic (exact) mass is 416 g/mol. The first-order chi connectivity index (χ1) is 12.7. The van der Waals surface area contributed by atoms with Gasteiger partial charge in [-0.1, -0.05) is 37.0 Å². The molecule has 0 spiro atoms. The van der Waals surface area contributed by atoms with Crippen molar-refractivity contribution in [3.8, 4) is 5.75 Å². The summed E-state index contributed by atoms with van der Waals surface area (Å²) in [7, 11) is 3.70. The van der Waals surface area contributed by atoms with Crippen LogP contribution in [0.1, 0.15) is 35.5 Å². The number of phenols is 1. The number of fused-ring (bicyclic) bond motifs is 1. The predicted molar refractivity (Wildman–Crippen MR) is 108 cm³/mol. The van der Waals surface area contributed by atoms with Gasteiger partial charge in [-0.15, -0.1) is 0 Å². The molecule has 6 nitrogen and oxygen atoms in total. The van der Waals surface area contributed by atoms with E-state index in [-0.39, 0.29) is 33.5 Å². The summed E-state index contributed by atoms with van der Waals surface area (Å²) in [6, 6.07) is 0. The number of nitrogens with zero attached hydrogens (tertiary/aromatic N) is 2. The number of ether oxygens (including phenoxy) is 1. The molecule has 0 unspecified atom stereocenters. The van der Waals surface area contributed by atoms with Crippen LogP contribution >= 0.6 is 23.2 Å². The van der Waals surface area contributed by atoms with Crippen molar-refractivity contribution in [2.45, 2.75) is 27.3 Å². The second-order valence-corrected chi connectivity index (χ2v) is 7.35. The van der Waals surface area contributed by atoms with Gasteiger partial charge in [0.05, 0.1) is 0 Å². The molecule has 0 radical (unpaired) electrons. The topological polar surface area (TPSA) is 66.1 Å². The molecule has 27 heavy (non-hydrogen) atoms. The first kappa shape index (κ1) is 21.8. The fraction of sp³-hybridized carbons (Fsp3) is 0.526. The number of aryl methyl sites for hydroxylation is 1. The number of carbonyl (C=O) groups excluding carboxylic acids is 1. The number of furan rings is 1. The molecule has 0 saturated carbocycles. The molecular formula is C19H26Cl2N2O4. The van der Waals surface area contributed by atoms with Gasteiger partial charge in [-0.3, -0.25) is 0 Å². The zero-order chi connectivity index (χ0) is 20.3. The SMILES string of the molecule is CCN(CC)CCOC(=O)c1c(C)oc2c(Cl)c(Cl)c(O)c(CN(C)C)c12. The third-order valence-electron chi connectivity index (χ3n) is 4.49. The lowest BCUT2D eigenvalue weighted by atomic mass is 10.0. The summed E-state index contributed by atoms with van der Waals surface area (Å²) in [4.78, 5) is 16.8. The van der Waals surface area contributed by atoms with Gasteiger partial charge in [0.1, 0.15) is 33.7 Å². The van der Waals surface area contributed by atoms with E-state index in [4.69, 9.17) is 32.4 Å². The predicted octanol–water partition coefficient (Wildman–Crippen LogP) is 4.31. The summed E-state index contributed by atoms with van der Waals surface area (Å²) in [5.74, 6) is -0.279. The number of esters is 1. The van der Waals surface area contributed by atoms with Crippen LogP contribution in [0.25, 0.3) is 11.0 Å². The minimum Gasteiger partial charge on any atom is -0.506 e. The van der Waals surface area contributed by atoms with E-state index >= 15 is 0 Å². The van der Waals surface area contributed by atoms with Crippen molar-refractivity contribution in [1.29, 1.82) is 0 Å². The minimum atomic E-state index is -0.504. The lowest BCUT2D eigenvalue weighted by Crippen LogP contribution is -2.28. The van der Waals surface area contributed by atoms with E-state index in [0.717, 1.165) is 13.1 Å². The fourth-order valence-electron chi connectivity index (χ4n) is 3.04. The Morgan fingerprint density at radius 3 is 2.37 bits per heavy atom. The highest BCUT2D eigenvalue weighted by atomic mass is 35.5. The number of hydrogen-bond acceptors (Lipinski definition) is 6. The molecule has 0 aliphatic heterocycles. The van der Waals surface area contributed by atoms with Crippen molar-refractivity contribution in [3.63, 3.8) is 0 Å². The Labute approximate surface area is 169 Å². The van der Waals surface area contributed by atoms with Crippen LogP contribution in [0.3, 0.4) is 0 Å². The molecule has 1 aromatic heterocycles. The molecule has 8 heteroatoms. The Hall–Kier alpha value is -1.47. The summed E-state index contributed by atoms with van der Waals surface area (Å²) in [6.07, 6.45) is 0. The van der Waals surface area contributed by atoms with Crippen LogP contribution in [0, 0.1) is 6.92 Å². The molecule has 0 bridgehead atoms. The summed E-state index contributed by atoms with van der Waals surface area (Å²) in [5, 5.41) is 11.0. The number of rotatable bonds is 8. The largest absolute Gasteiger partial charge is 0.506 e. The number of likely N-dealkylation sites (N-methyl/N-ethyl adjacent to an activating group) is 1. The molecule has 1 heterocycles. The third kappa shape index (κ3) is 4.51. The van der Waals surface area contributed by atoms with Gasteiger partial charge in [-0.2, -0.15) is 0 Å². The zero-order valence-corrected chi connectivity index (χ0v) is 17.9. The van der Waals surface area contributed by atoms with E-state index in [2.05, 4.69) is 18.7 Å². The van der Waals surface area contributed by atoms with Crippen molar-refractivity contribution >= 4 is 40.1 Å². The van der Waals surface area contributed by atoms with Gasteiger partial charge in [0.25, 0.3) is 0 Å². The van der Waals surface area contributed by atoms with Crippen LogP contribution in [-0.2, 0) is 11.3 Å². The summed E-state index contributed by atoms with van der Waals surface area (Å²) in [5.41, 5.74) is 1.04. The Bertz CT molecular complexity index is 829. The normalized spacial score (nSPS) is 11.7. The lowest BCUT2D eigenvalue weighted by molar-refractivity contribution is 0.0466. The van der Waals surface area contributed by atoms with Crippen molar-refractivity contribution in [1.82, 2.24) is 9.80 Å². The third-order valence-corrected chi connectivity index (χ3v) is 5.31. The second kappa shape index (κ2) is 9.15. The smallest absolute Gasteiger partial charge is 0.342 e. The maximum Gasteiger partial charge on any atom is 0.342 e. The number of benzene rings is 1. The quantitative estimate of drug-likeness (QED) is 0.646. The maximum atomic E-state index is 12.8. The zero-order valence-electron chi connectivity index (χ0n) is 16.4. The van der Waals surface area contributed by atoms with Crippen molar-refractivity contribution < 1.29 is 19.1 Å². The molecule has 150 valence electrons. The van der Waals surface area contributed by atoms with E-state index in [0.29, 0.717) is 29.8 Å². The van der Waals surface area contributed by atoms with Crippen molar-refractivity contribution in [2.24, 2.45) is 0 Å². The first-order valence-electron chi connectivity index (χ1n) is 8.88. The average Bonchev–Trinajstić information content (AvgIpc) is 2.97. The first-order valence-corrected chi connectivity index (χ1v) is 9.64. The van der Waals surface area contributed by atoms with Crippen molar-refractivity contribution in [2.75, 3.05) is 40.3 Å². The number of aromatic hydroxyl groups is 1. The Kier molecular flexibility index (Phi) is 7.40. The Balaban J connectivity index is 2.47. The van der Waals surface area contributed by atoms with Crippen LogP contribution in [0.5, 0.6) is 5.75 Å². The van der Waals surface area contributed by atoms with Gasteiger partial charge in [0, 0.05) is 24.0 Å². The number of halogens is 2. The maximum absolute atomic E-state index is 12.8. The molecule has 2 aromatic rings. The van der Waals surface area contributed by atoms with E-state index in [9.17, 15) is 9.90 Å². The molecule has 1 aromatic carbocycles.